The lowest BCUT2D eigenvalue weighted by Gasteiger charge is -2.18. The molecule has 0 amide bonds. The second-order valence-electron chi connectivity index (χ2n) is 23.8. The Morgan fingerprint density at radius 3 is 1.11 bits per heavy atom. The van der Waals surface area contributed by atoms with Crippen LogP contribution in [-0.4, -0.2) is 39.5 Å². The molecule has 8 heteroatoms. The van der Waals surface area contributed by atoms with Gasteiger partial charge in [-0.05, 0) is 67.7 Å². The van der Waals surface area contributed by atoms with E-state index in [1.54, 1.807) is 5.56 Å². The molecule has 4 aromatic carbocycles. The van der Waals surface area contributed by atoms with Crippen molar-refractivity contribution in [3.63, 3.8) is 0 Å². The SMILES string of the molecule is CCCCCCCCCCc1cc2c3nc4nc(nc5c6ccccc6c(nc6nc(nc([nH]3)c2c(CCCCCCCCCC)c1CCCCCCCCCC)-c1ccccc1-6)n5CCCCCCCCCC)-c1ccccc1-4. The van der Waals surface area contributed by atoms with Crippen LogP contribution in [0.25, 0.3) is 89.7 Å². The van der Waals surface area contributed by atoms with Crippen LogP contribution in [0, 0.1) is 0 Å². The van der Waals surface area contributed by atoms with Gasteiger partial charge in [0.1, 0.15) is 22.6 Å². The quantitative estimate of drug-likeness (QED) is 0.0393. The predicted molar refractivity (Wildman–Crippen MR) is 341 cm³/mol. The first-order valence-corrected chi connectivity index (χ1v) is 32.9. The van der Waals surface area contributed by atoms with Gasteiger partial charge in [-0.3, -0.25) is 0 Å². The molecule has 0 fully saturated rings. The number of fused-ring (bicyclic) bond motifs is 20. The summed E-state index contributed by atoms with van der Waals surface area (Å²) in [5, 5.41) is 4.50. The third-order valence-electron chi connectivity index (χ3n) is 17.5. The molecule has 9 rings (SSSR count). The molecule has 5 heterocycles. The van der Waals surface area contributed by atoms with Crippen LogP contribution in [0.3, 0.4) is 0 Å². The molecule has 0 radical (unpaired) electrons. The van der Waals surface area contributed by atoms with E-state index in [2.05, 4.69) is 116 Å². The Labute approximate surface area is 481 Å². The lowest BCUT2D eigenvalue weighted by atomic mass is 9.87. The summed E-state index contributed by atoms with van der Waals surface area (Å²) in [5.41, 5.74) is 12.0. The van der Waals surface area contributed by atoms with Crippen LogP contribution in [0.2, 0.25) is 0 Å². The standard InChI is InChI=1S/C72H98N8/c1-5-9-13-17-21-25-29-33-43-54-53-63-64(56(45-35-31-27-23-19-15-11-7-3)55(54)44-34-30-26-22-18-14-10-6-2)70-76-66-58-47-37-39-49-60(58)68(74-66)79-72-62-51-41-40-50-61(62)71(80(72)52-42-32-28-24-20-16-12-8-4)78-67-59-48-38-36-46-57(59)65(73-67)75-69(63)77-70/h36-41,46-51,53H,5-35,42-45,52H2,1-4H3,(H,73,74,75,76,77,78,79). The molecule has 0 atom stereocenters. The zero-order valence-electron chi connectivity index (χ0n) is 50.1. The number of benzene rings is 4. The largest absolute Gasteiger partial charge is 0.324 e. The highest BCUT2D eigenvalue weighted by Gasteiger charge is 2.25. The minimum Gasteiger partial charge on any atom is -0.324 e. The fourth-order valence-electron chi connectivity index (χ4n) is 12.9. The molecule has 1 N–H and O–H groups in total. The van der Waals surface area contributed by atoms with Crippen molar-refractivity contribution in [3.8, 4) is 45.6 Å². The number of rotatable bonds is 36. The number of nitrogens with one attached hydrogen (secondary N) is 1. The summed E-state index contributed by atoms with van der Waals surface area (Å²) >= 11 is 0. The minimum atomic E-state index is 0.688. The van der Waals surface area contributed by atoms with Crippen molar-refractivity contribution >= 4 is 44.1 Å². The summed E-state index contributed by atoms with van der Waals surface area (Å²) in [4.78, 5) is 37.5. The van der Waals surface area contributed by atoms with Gasteiger partial charge in [-0.25, -0.2) is 29.9 Å². The van der Waals surface area contributed by atoms with E-state index in [9.17, 15) is 0 Å². The average molecular weight is 1080 g/mol. The van der Waals surface area contributed by atoms with Gasteiger partial charge in [-0.1, -0.05) is 280 Å². The number of aromatic nitrogens is 8. The van der Waals surface area contributed by atoms with Gasteiger partial charge in [0.2, 0.25) is 0 Å². The summed E-state index contributed by atoms with van der Waals surface area (Å²) in [5.74, 6) is 2.77. The second kappa shape index (κ2) is 31.5. The first-order chi connectivity index (χ1) is 39.6. The van der Waals surface area contributed by atoms with E-state index >= 15 is 0 Å². The molecular weight excluding hydrogens is 977 g/mol. The van der Waals surface area contributed by atoms with Crippen molar-refractivity contribution in [2.45, 2.75) is 259 Å². The molecule has 0 saturated carbocycles. The Morgan fingerprint density at radius 2 is 0.675 bits per heavy atom. The zero-order valence-corrected chi connectivity index (χ0v) is 50.1. The van der Waals surface area contributed by atoms with Crippen LogP contribution in [0.4, 0.5) is 0 Å². The van der Waals surface area contributed by atoms with Gasteiger partial charge in [0.05, 0.1) is 0 Å². The fraction of sp³-hybridized carbons (Fsp3) is 0.556. The molecular formula is C72H98N8. The molecule has 0 saturated heterocycles. The molecule has 3 aromatic heterocycles. The molecule has 0 unspecified atom stereocenters. The number of H-pyrrole nitrogens is 1. The van der Waals surface area contributed by atoms with Crippen LogP contribution < -0.4 is 0 Å². The van der Waals surface area contributed by atoms with Gasteiger partial charge in [0, 0.05) is 50.3 Å². The van der Waals surface area contributed by atoms with Crippen LogP contribution in [0.5, 0.6) is 0 Å². The summed E-state index contributed by atoms with van der Waals surface area (Å²) in [6.45, 7) is 10.0. The van der Waals surface area contributed by atoms with E-state index < -0.39 is 0 Å². The zero-order chi connectivity index (χ0) is 55.1. The smallest absolute Gasteiger partial charge is 0.164 e. The third kappa shape index (κ3) is 15.2. The van der Waals surface area contributed by atoms with E-state index in [0.717, 1.165) is 99.7 Å². The van der Waals surface area contributed by atoms with Gasteiger partial charge >= 0.3 is 0 Å². The van der Waals surface area contributed by atoms with Crippen molar-refractivity contribution in [3.05, 3.63) is 95.6 Å². The topological polar surface area (TPSA) is 98.1 Å². The second-order valence-corrected chi connectivity index (χ2v) is 23.8. The molecule has 2 aliphatic heterocycles. The maximum Gasteiger partial charge on any atom is 0.164 e. The van der Waals surface area contributed by atoms with E-state index in [-0.39, 0.29) is 0 Å². The van der Waals surface area contributed by atoms with Gasteiger partial charge in [0.15, 0.2) is 23.3 Å². The Bertz CT molecular complexity index is 3210. The van der Waals surface area contributed by atoms with E-state index in [1.807, 2.05) is 0 Å². The van der Waals surface area contributed by atoms with Crippen molar-refractivity contribution < 1.29 is 0 Å². The summed E-state index contributed by atoms with van der Waals surface area (Å²) < 4.78 is 2.36. The van der Waals surface area contributed by atoms with Gasteiger partial charge < -0.3 is 9.55 Å². The van der Waals surface area contributed by atoms with Crippen molar-refractivity contribution in [2.75, 3.05) is 0 Å². The minimum absolute atomic E-state index is 0.688. The molecule has 2 aliphatic rings. The van der Waals surface area contributed by atoms with Gasteiger partial charge in [-0.15, -0.1) is 0 Å². The number of nitrogens with zero attached hydrogens (tertiary/aromatic N) is 7. The van der Waals surface area contributed by atoms with Gasteiger partial charge in [0.25, 0.3) is 0 Å². The van der Waals surface area contributed by atoms with Crippen molar-refractivity contribution in [1.82, 2.24) is 39.5 Å². The highest BCUT2D eigenvalue weighted by atomic mass is 15.1. The van der Waals surface area contributed by atoms with Crippen LogP contribution >= 0.6 is 0 Å². The third-order valence-corrected chi connectivity index (χ3v) is 17.5. The Kier molecular flexibility index (Phi) is 23.1. The lowest BCUT2D eigenvalue weighted by molar-refractivity contribution is 0.551. The van der Waals surface area contributed by atoms with Crippen molar-refractivity contribution in [1.29, 1.82) is 0 Å². The molecule has 7 aromatic rings. The van der Waals surface area contributed by atoms with Crippen molar-refractivity contribution in [2.24, 2.45) is 0 Å². The maximum atomic E-state index is 5.72. The Hall–Kier alpha value is -5.76. The van der Waals surface area contributed by atoms with Crippen LogP contribution in [0.1, 0.15) is 250 Å². The molecule has 0 aliphatic carbocycles. The monoisotopic (exact) mass is 1070 g/mol. The van der Waals surface area contributed by atoms with E-state index in [4.69, 9.17) is 29.9 Å². The fourth-order valence-corrected chi connectivity index (χ4v) is 12.9. The number of unbranched alkanes of at least 4 members (excludes halogenated alkanes) is 28. The molecule has 8 bridgehead atoms. The molecule has 80 heavy (non-hydrogen) atoms. The van der Waals surface area contributed by atoms with Gasteiger partial charge in [-0.2, -0.15) is 0 Å². The first kappa shape index (κ1) is 58.9. The highest BCUT2D eigenvalue weighted by molar-refractivity contribution is 6.08. The molecule has 0 spiro atoms. The number of hydrogen-bond donors (Lipinski definition) is 1. The number of aryl methyl sites for hydroxylation is 3. The maximum absolute atomic E-state index is 5.72. The van der Waals surface area contributed by atoms with E-state index in [1.165, 1.54) is 209 Å². The van der Waals surface area contributed by atoms with Crippen LogP contribution in [-0.2, 0) is 25.8 Å². The summed E-state index contributed by atoms with van der Waals surface area (Å²) in [6.07, 6.45) is 44.6. The van der Waals surface area contributed by atoms with Crippen LogP contribution in [0.15, 0.2) is 78.9 Å². The Balaban J connectivity index is 1.24. The summed E-state index contributed by atoms with van der Waals surface area (Å²) in [7, 11) is 0. The number of hydrogen-bond acceptors (Lipinski definition) is 6. The molecule has 8 nitrogen and oxygen atoms in total. The lowest BCUT2D eigenvalue weighted by Crippen LogP contribution is -2.04. The predicted octanol–water partition coefficient (Wildman–Crippen LogP) is 21.5. The average Bonchev–Trinajstić information content (AvgIpc) is 4.22. The normalized spacial score (nSPS) is 12.1. The van der Waals surface area contributed by atoms with E-state index in [0.29, 0.717) is 23.3 Å². The number of aromatic amines is 1. The Morgan fingerprint density at radius 1 is 0.325 bits per heavy atom. The summed E-state index contributed by atoms with van der Waals surface area (Å²) in [6, 6.07) is 28.4. The highest BCUT2D eigenvalue weighted by Crippen LogP contribution is 2.40. The molecule has 426 valence electrons. The first-order valence-electron chi connectivity index (χ1n) is 32.9.